The molecule has 1 aliphatic heterocycles. The minimum Gasteiger partial charge on any atom is -0.393 e. The maximum absolute atomic E-state index is 11.3. The first kappa shape index (κ1) is 24.6. The second-order valence-corrected chi connectivity index (χ2v) is 13.9. The van der Waals surface area contributed by atoms with Gasteiger partial charge in [0.05, 0.1) is 11.7 Å². The van der Waals surface area contributed by atoms with E-state index in [1.54, 1.807) is 0 Å². The van der Waals surface area contributed by atoms with Crippen molar-refractivity contribution in [2.24, 2.45) is 52.3 Å². The van der Waals surface area contributed by atoms with Crippen LogP contribution in [0.5, 0.6) is 0 Å². The van der Waals surface area contributed by atoms with E-state index in [0.29, 0.717) is 28.6 Å². The van der Waals surface area contributed by atoms with E-state index < -0.39 is 5.60 Å². The van der Waals surface area contributed by atoms with Crippen LogP contribution in [0.15, 0.2) is 0 Å². The summed E-state index contributed by atoms with van der Waals surface area (Å²) in [6.07, 6.45) is 15.5. The lowest BCUT2D eigenvalue weighted by molar-refractivity contribution is -0.154. The van der Waals surface area contributed by atoms with Gasteiger partial charge in [0.25, 0.3) is 0 Å². The average Bonchev–Trinajstić information content (AvgIpc) is 3.17. The Kier molecular flexibility index (Phi) is 6.76. The van der Waals surface area contributed by atoms with Crippen LogP contribution in [-0.2, 0) is 4.74 Å². The van der Waals surface area contributed by atoms with Crippen molar-refractivity contribution in [3.05, 3.63) is 0 Å². The van der Waals surface area contributed by atoms with Gasteiger partial charge in [-0.1, -0.05) is 27.7 Å². The molecule has 0 aromatic heterocycles. The highest BCUT2D eigenvalue weighted by molar-refractivity contribution is 5.11. The summed E-state index contributed by atoms with van der Waals surface area (Å²) >= 11 is 0. The van der Waals surface area contributed by atoms with Crippen molar-refractivity contribution < 1.29 is 14.9 Å². The molecule has 33 heavy (non-hydrogen) atoms. The largest absolute Gasteiger partial charge is 0.393 e. The van der Waals surface area contributed by atoms with Gasteiger partial charge in [-0.15, -0.1) is 0 Å². The molecule has 5 rings (SSSR count). The lowest BCUT2D eigenvalue weighted by Crippen LogP contribution is -2.56. The number of aliphatic hydroxyl groups excluding tert-OH is 1. The third-order valence-electron chi connectivity index (χ3n) is 12.7. The molecule has 0 aromatic carbocycles. The zero-order valence-electron chi connectivity index (χ0n) is 22.0. The predicted octanol–water partition coefficient (Wildman–Crippen LogP) is 6.60. The molecule has 0 unspecified atom stereocenters. The number of hydrogen-bond acceptors (Lipinski definition) is 3. The highest BCUT2D eigenvalue weighted by Gasteiger charge is 2.61. The van der Waals surface area contributed by atoms with E-state index in [0.717, 1.165) is 75.4 Å². The molecule has 10 atom stereocenters. The molecule has 3 heteroatoms. The van der Waals surface area contributed by atoms with Crippen molar-refractivity contribution in [1.29, 1.82) is 0 Å². The summed E-state index contributed by atoms with van der Waals surface area (Å²) in [7, 11) is 0. The van der Waals surface area contributed by atoms with Gasteiger partial charge in [0.1, 0.15) is 0 Å². The fourth-order valence-electron chi connectivity index (χ4n) is 10.4. The SMILES string of the molecule is CC[C@]1(O)CC[C@@]2(C)[C@@H](CC[C@@H]3[C@@H]2CC[C@]2(C)[C@@H]([C@H](C)[C@H](O)CC4CCOCC4)CC[C@@H]32)C1. The molecule has 4 saturated carbocycles. The van der Waals surface area contributed by atoms with E-state index in [9.17, 15) is 10.2 Å². The maximum Gasteiger partial charge on any atom is 0.0648 e. The third kappa shape index (κ3) is 4.14. The molecule has 0 bridgehead atoms. The maximum atomic E-state index is 11.3. The van der Waals surface area contributed by atoms with Gasteiger partial charge in [-0.05, 0) is 136 Å². The fourth-order valence-corrected chi connectivity index (χ4v) is 10.4. The van der Waals surface area contributed by atoms with E-state index in [1.165, 1.54) is 44.9 Å². The second-order valence-electron chi connectivity index (χ2n) is 13.9. The molecule has 5 fully saturated rings. The van der Waals surface area contributed by atoms with E-state index in [4.69, 9.17) is 4.74 Å². The number of aliphatic hydroxyl groups is 2. The van der Waals surface area contributed by atoms with Gasteiger partial charge in [-0.25, -0.2) is 0 Å². The van der Waals surface area contributed by atoms with Crippen LogP contribution < -0.4 is 0 Å². The molecular formula is C30H52O3. The summed E-state index contributed by atoms with van der Waals surface area (Å²) in [6, 6.07) is 0. The number of fused-ring (bicyclic) bond motifs is 5. The molecular weight excluding hydrogens is 408 g/mol. The van der Waals surface area contributed by atoms with Crippen molar-refractivity contribution >= 4 is 0 Å². The van der Waals surface area contributed by atoms with Crippen molar-refractivity contribution in [2.75, 3.05) is 13.2 Å². The lowest BCUT2D eigenvalue weighted by atomic mass is 9.43. The Morgan fingerprint density at radius 1 is 0.879 bits per heavy atom. The first-order valence-corrected chi connectivity index (χ1v) is 14.7. The van der Waals surface area contributed by atoms with E-state index >= 15 is 0 Å². The Labute approximate surface area is 203 Å². The van der Waals surface area contributed by atoms with E-state index in [1.807, 2.05) is 0 Å². The van der Waals surface area contributed by atoms with Crippen molar-refractivity contribution in [3.63, 3.8) is 0 Å². The molecule has 5 aliphatic rings. The molecule has 0 amide bonds. The Hall–Kier alpha value is -0.120. The summed E-state index contributed by atoms with van der Waals surface area (Å²) in [4.78, 5) is 0. The van der Waals surface area contributed by atoms with Gasteiger partial charge in [0.15, 0.2) is 0 Å². The number of ether oxygens (including phenoxy) is 1. The van der Waals surface area contributed by atoms with Gasteiger partial charge in [-0.2, -0.15) is 0 Å². The first-order valence-electron chi connectivity index (χ1n) is 14.7. The Balaban J connectivity index is 1.28. The topological polar surface area (TPSA) is 49.7 Å². The zero-order chi connectivity index (χ0) is 23.4. The van der Waals surface area contributed by atoms with Crippen LogP contribution in [0, 0.1) is 52.3 Å². The second kappa shape index (κ2) is 9.07. The molecule has 0 spiro atoms. The van der Waals surface area contributed by atoms with Crippen LogP contribution in [0.3, 0.4) is 0 Å². The molecule has 190 valence electrons. The summed E-state index contributed by atoms with van der Waals surface area (Å²) in [6.45, 7) is 11.5. The molecule has 0 aromatic rings. The summed E-state index contributed by atoms with van der Waals surface area (Å²) in [5, 5.41) is 22.3. The molecule has 2 N–H and O–H groups in total. The number of hydrogen-bond donors (Lipinski definition) is 2. The van der Waals surface area contributed by atoms with Crippen LogP contribution in [0.1, 0.15) is 111 Å². The van der Waals surface area contributed by atoms with Crippen molar-refractivity contribution in [2.45, 2.75) is 123 Å². The monoisotopic (exact) mass is 460 g/mol. The molecule has 1 saturated heterocycles. The van der Waals surface area contributed by atoms with Gasteiger partial charge in [0.2, 0.25) is 0 Å². The van der Waals surface area contributed by atoms with Crippen molar-refractivity contribution in [1.82, 2.24) is 0 Å². The summed E-state index contributed by atoms with van der Waals surface area (Å²) < 4.78 is 5.55. The predicted molar refractivity (Wildman–Crippen MR) is 134 cm³/mol. The zero-order valence-corrected chi connectivity index (χ0v) is 22.0. The molecule has 4 aliphatic carbocycles. The van der Waals surface area contributed by atoms with E-state index in [2.05, 4.69) is 27.7 Å². The van der Waals surface area contributed by atoms with Crippen LogP contribution in [0.4, 0.5) is 0 Å². The van der Waals surface area contributed by atoms with Crippen molar-refractivity contribution in [3.8, 4) is 0 Å². The van der Waals surface area contributed by atoms with Crippen LogP contribution in [-0.4, -0.2) is 35.1 Å². The van der Waals surface area contributed by atoms with Crippen LogP contribution in [0.25, 0.3) is 0 Å². The third-order valence-corrected chi connectivity index (χ3v) is 12.7. The van der Waals surface area contributed by atoms with Gasteiger partial charge >= 0.3 is 0 Å². The molecule has 0 radical (unpaired) electrons. The van der Waals surface area contributed by atoms with Gasteiger partial charge in [-0.3, -0.25) is 0 Å². The first-order chi connectivity index (χ1) is 15.7. The fraction of sp³-hybridized carbons (Fsp3) is 1.00. The lowest BCUT2D eigenvalue weighted by Gasteiger charge is -2.62. The summed E-state index contributed by atoms with van der Waals surface area (Å²) in [5.41, 5.74) is 0.464. The Morgan fingerprint density at radius 3 is 2.33 bits per heavy atom. The quantitative estimate of drug-likeness (QED) is 0.486. The average molecular weight is 461 g/mol. The molecule has 3 nitrogen and oxygen atoms in total. The Morgan fingerprint density at radius 2 is 1.61 bits per heavy atom. The normalized spacial score (nSPS) is 50.2. The number of rotatable bonds is 5. The smallest absolute Gasteiger partial charge is 0.0648 e. The minimum absolute atomic E-state index is 0.148. The summed E-state index contributed by atoms with van der Waals surface area (Å²) in [5.74, 6) is 5.06. The Bertz CT molecular complexity index is 688. The standard InChI is InChI=1S/C30H52O3/c1-5-30(32)15-14-28(3)22(19-30)6-7-23-25-9-8-24(29(25,4)13-10-26(23)28)20(2)27(31)18-21-11-16-33-17-12-21/h20-27,31-32H,5-19H2,1-4H3/t20-,22-,23-,24+,25-,26-,27+,28-,29+,30-/m0/s1. The van der Waals surface area contributed by atoms with E-state index in [-0.39, 0.29) is 6.10 Å². The highest BCUT2D eigenvalue weighted by Crippen LogP contribution is 2.69. The van der Waals surface area contributed by atoms with Crippen LogP contribution >= 0.6 is 0 Å². The highest BCUT2D eigenvalue weighted by atomic mass is 16.5. The molecule has 1 heterocycles. The van der Waals surface area contributed by atoms with Gasteiger partial charge < -0.3 is 14.9 Å². The van der Waals surface area contributed by atoms with Gasteiger partial charge in [0, 0.05) is 13.2 Å². The van der Waals surface area contributed by atoms with Crippen LogP contribution in [0.2, 0.25) is 0 Å². The minimum atomic E-state index is -0.394.